The molecule has 8 heteroatoms. The molecule has 3 amide bonds. The number of nitrogens with two attached hydrogens (primary N) is 2. The van der Waals surface area contributed by atoms with Crippen LogP contribution >= 0.6 is 15.9 Å². The Morgan fingerprint density at radius 2 is 1.80 bits per heavy atom. The first-order chi connectivity index (χ1) is 9.38. The first-order valence-electron chi connectivity index (χ1n) is 5.47. The van der Waals surface area contributed by atoms with Crippen molar-refractivity contribution in [1.82, 2.24) is 5.32 Å². The molecule has 0 radical (unpaired) electrons. The summed E-state index contributed by atoms with van der Waals surface area (Å²) in [5.41, 5.74) is 10.4. The standard InChI is InChI=1S/C12H10BrN3O4/c13-6-1-2-7-5(3-6)4-8(20-7)12(19)16-9(10(14)17)11(15)18/h1-4,9H,(H2,14,17)(H2,15,18)(H,16,19). The molecule has 0 fully saturated rings. The van der Waals surface area contributed by atoms with Gasteiger partial charge >= 0.3 is 0 Å². The van der Waals surface area contributed by atoms with Gasteiger partial charge in [0.25, 0.3) is 5.91 Å². The van der Waals surface area contributed by atoms with E-state index in [2.05, 4.69) is 21.2 Å². The average molecular weight is 340 g/mol. The van der Waals surface area contributed by atoms with Crippen molar-refractivity contribution in [3.05, 3.63) is 34.5 Å². The van der Waals surface area contributed by atoms with E-state index >= 15 is 0 Å². The Balaban J connectivity index is 2.27. The number of hydrogen-bond donors (Lipinski definition) is 3. The third-order valence-electron chi connectivity index (χ3n) is 2.55. The van der Waals surface area contributed by atoms with E-state index in [9.17, 15) is 14.4 Å². The van der Waals surface area contributed by atoms with Gasteiger partial charge in [-0.05, 0) is 24.3 Å². The SMILES string of the molecule is NC(=O)C(NC(=O)c1cc2cc(Br)ccc2o1)C(N)=O. The third-order valence-corrected chi connectivity index (χ3v) is 3.04. The Labute approximate surface area is 121 Å². The second kappa shape index (κ2) is 5.33. The van der Waals surface area contributed by atoms with Crippen molar-refractivity contribution >= 4 is 44.6 Å². The van der Waals surface area contributed by atoms with Gasteiger partial charge in [-0.25, -0.2) is 0 Å². The second-order valence-electron chi connectivity index (χ2n) is 4.00. The van der Waals surface area contributed by atoms with Gasteiger partial charge in [0.1, 0.15) is 5.58 Å². The van der Waals surface area contributed by atoms with E-state index in [1.54, 1.807) is 18.2 Å². The van der Waals surface area contributed by atoms with E-state index < -0.39 is 23.8 Å². The molecular weight excluding hydrogens is 330 g/mol. The van der Waals surface area contributed by atoms with Crippen LogP contribution in [0, 0.1) is 0 Å². The smallest absolute Gasteiger partial charge is 0.288 e. The number of benzene rings is 1. The molecule has 0 aliphatic carbocycles. The molecule has 0 bridgehead atoms. The molecule has 0 aliphatic heterocycles. The Kier molecular flexibility index (Phi) is 3.75. The lowest BCUT2D eigenvalue weighted by Gasteiger charge is -2.09. The number of fused-ring (bicyclic) bond motifs is 1. The second-order valence-corrected chi connectivity index (χ2v) is 4.92. The van der Waals surface area contributed by atoms with E-state index in [4.69, 9.17) is 15.9 Å². The van der Waals surface area contributed by atoms with Crippen LogP contribution in [0.1, 0.15) is 10.6 Å². The first kappa shape index (κ1) is 14.1. The molecule has 2 aromatic rings. The lowest BCUT2D eigenvalue weighted by molar-refractivity contribution is -0.128. The van der Waals surface area contributed by atoms with Crippen LogP contribution in [0.15, 0.2) is 33.2 Å². The van der Waals surface area contributed by atoms with Crippen molar-refractivity contribution in [2.75, 3.05) is 0 Å². The van der Waals surface area contributed by atoms with Gasteiger partial charge in [0.15, 0.2) is 11.8 Å². The molecule has 0 spiro atoms. The molecule has 0 aliphatic rings. The largest absolute Gasteiger partial charge is 0.451 e. The number of carbonyl (C=O) groups is 3. The number of halogens is 1. The number of rotatable bonds is 4. The minimum atomic E-state index is -1.58. The Bertz CT molecular complexity index is 696. The maximum absolute atomic E-state index is 11.9. The van der Waals surface area contributed by atoms with Gasteiger partial charge in [-0.3, -0.25) is 14.4 Å². The number of hydrogen-bond acceptors (Lipinski definition) is 4. The summed E-state index contributed by atoms with van der Waals surface area (Å²) in [6, 6.07) is 5.09. The van der Waals surface area contributed by atoms with E-state index in [-0.39, 0.29) is 5.76 Å². The fraction of sp³-hybridized carbons (Fsp3) is 0.0833. The van der Waals surface area contributed by atoms with Crippen LogP contribution < -0.4 is 16.8 Å². The predicted molar refractivity (Wildman–Crippen MR) is 73.6 cm³/mol. The maximum atomic E-state index is 11.9. The lowest BCUT2D eigenvalue weighted by Crippen LogP contribution is -2.52. The zero-order valence-electron chi connectivity index (χ0n) is 10.1. The summed E-state index contributed by atoms with van der Waals surface area (Å²) in [7, 11) is 0. The van der Waals surface area contributed by atoms with Crippen LogP contribution in [0.3, 0.4) is 0 Å². The molecule has 1 aromatic heterocycles. The minimum Gasteiger partial charge on any atom is -0.451 e. The van der Waals surface area contributed by atoms with Gasteiger partial charge in [0.2, 0.25) is 11.8 Å². The molecular formula is C12H10BrN3O4. The summed E-state index contributed by atoms with van der Waals surface area (Å²) in [6.07, 6.45) is 0. The molecule has 0 atom stereocenters. The van der Waals surface area contributed by atoms with Crippen LogP contribution in [0.5, 0.6) is 0 Å². The van der Waals surface area contributed by atoms with Crippen molar-refractivity contribution in [3.63, 3.8) is 0 Å². The topological polar surface area (TPSA) is 128 Å². The number of furan rings is 1. The number of nitrogens with one attached hydrogen (secondary N) is 1. The Hall–Kier alpha value is -2.35. The van der Waals surface area contributed by atoms with Gasteiger partial charge in [-0.1, -0.05) is 15.9 Å². The molecule has 1 heterocycles. The number of carbonyl (C=O) groups excluding carboxylic acids is 3. The maximum Gasteiger partial charge on any atom is 0.288 e. The fourth-order valence-corrected chi connectivity index (χ4v) is 1.99. The van der Waals surface area contributed by atoms with E-state index in [0.717, 1.165) is 4.47 Å². The van der Waals surface area contributed by atoms with Gasteiger partial charge in [0, 0.05) is 9.86 Å². The minimum absolute atomic E-state index is 0.0504. The zero-order valence-corrected chi connectivity index (χ0v) is 11.6. The van der Waals surface area contributed by atoms with E-state index in [0.29, 0.717) is 11.0 Å². The van der Waals surface area contributed by atoms with Crippen LogP contribution in [0.4, 0.5) is 0 Å². The summed E-state index contributed by atoms with van der Waals surface area (Å²) in [5.74, 6) is -2.88. The molecule has 0 saturated heterocycles. The summed E-state index contributed by atoms with van der Waals surface area (Å²) in [5, 5.41) is 2.81. The van der Waals surface area contributed by atoms with Gasteiger partial charge in [0.05, 0.1) is 0 Å². The summed E-state index contributed by atoms with van der Waals surface area (Å²) in [4.78, 5) is 33.9. The third kappa shape index (κ3) is 2.80. The highest BCUT2D eigenvalue weighted by Gasteiger charge is 2.25. The monoisotopic (exact) mass is 339 g/mol. The molecule has 104 valence electrons. The van der Waals surface area contributed by atoms with Crippen LogP contribution in [-0.4, -0.2) is 23.8 Å². The average Bonchev–Trinajstić information content (AvgIpc) is 2.77. The number of primary amides is 2. The van der Waals surface area contributed by atoms with Crippen molar-refractivity contribution in [3.8, 4) is 0 Å². The van der Waals surface area contributed by atoms with E-state index in [1.165, 1.54) is 6.07 Å². The normalized spacial score (nSPS) is 10.7. The van der Waals surface area contributed by atoms with E-state index in [1.807, 2.05) is 0 Å². The van der Waals surface area contributed by atoms with Crippen molar-refractivity contribution in [2.45, 2.75) is 6.04 Å². The van der Waals surface area contributed by atoms with Gasteiger partial charge in [-0.15, -0.1) is 0 Å². The van der Waals surface area contributed by atoms with Crippen LogP contribution in [0.25, 0.3) is 11.0 Å². The van der Waals surface area contributed by atoms with Crippen LogP contribution in [-0.2, 0) is 9.59 Å². The number of amides is 3. The molecule has 5 N–H and O–H groups in total. The Morgan fingerprint density at radius 1 is 1.15 bits per heavy atom. The Morgan fingerprint density at radius 3 is 2.40 bits per heavy atom. The van der Waals surface area contributed by atoms with Crippen molar-refractivity contribution in [2.24, 2.45) is 11.5 Å². The molecule has 7 nitrogen and oxygen atoms in total. The van der Waals surface area contributed by atoms with Gasteiger partial charge < -0.3 is 21.2 Å². The summed E-state index contributed by atoms with van der Waals surface area (Å²) in [6.45, 7) is 0. The molecule has 0 saturated carbocycles. The molecule has 1 aromatic carbocycles. The highest BCUT2D eigenvalue weighted by molar-refractivity contribution is 9.10. The molecule has 0 unspecified atom stereocenters. The lowest BCUT2D eigenvalue weighted by atomic mass is 10.2. The van der Waals surface area contributed by atoms with Crippen LogP contribution in [0.2, 0.25) is 0 Å². The quantitative estimate of drug-likeness (QED) is 0.690. The zero-order chi connectivity index (χ0) is 14.9. The van der Waals surface area contributed by atoms with Gasteiger partial charge in [-0.2, -0.15) is 0 Å². The van der Waals surface area contributed by atoms with Crippen molar-refractivity contribution < 1.29 is 18.8 Å². The van der Waals surface area contributed by atoms with Crippen molar-refractivity contribution in [1.29, 1.82) is 0 Å². The fourth-order valence-electron chi connectivity index (χ4n) is 1.61. The predicted octanol–water partition coefficient (Wildman–Crippen LogP) is 0.264. The molecule has 20 heavy (non-hydrogen) atoms. The summed E-state index contributed by atoms with van der Waals surface area (Å²) < 4.78 is 6.13. The first-order valence-corrected chi connectivity index (χ1v) is 6.26. The molecule has 2 rings (SSSR count). The highest BCUT2D eigenvalue weighted by atomic mass is 79.9. The highest BCUT2D eigenvalue weighted by Crippen LogP contribution is 2.23. The summed E-state index contributed by atoms with van der Waals surface area (Å²) >= 11 is 3.29.